The Kier molecular flexibility index (Phi) is 6.40. The highest BCUT2D eigenvalue weighted by Crippen LogP contribution is 2.24. The van der Waals surface area contributed by atoms with Gasteiger partial charge in [-0.15, -0.1) is 0 Å². The Balaban J connectivity index is 1.67. The summed E-state index contributed by atoms with van der Waals surface area (Å²) in [5.74, 6) is -0.383. The topological polar surface area (TPSA) is 86.8 Å². The Hall–Kier alpha value is -1.93. The first-order valence-corrected chi connectivity index (χ1v) is 11.5. The van der Waals surface area contributed by atoms with Crippen molar-refractivity contribution in [3.8, 4) is 0 Å². The van der Waals surface area contributed by atoms with Crippen molar-refractivity contribution in [3.05, 3.63) is 24.3 Å². The van der Waals surface area contributed by atoms with E-state index in [1.807, 2.05) is 13.8 Å². The van der Waals surface area contributed by atoms with E-state index in [0.29, 0.717) is 31.7 Å². The lowest BCUT2D eigenvalue weighted by molar-refractivity contribution is -0.139. The Labute approximate surface area is 167 Å². The van der Waals surface area contributed by atoms with Crippen LogP contribution in [-0.4, -0.2) is 55.1 Å². The fourth-order valence-corrected chi connectivity index (χ4v) is 5.34. The summed E-state index contributed by atoms with van der Waals surface area (Å²) in [6.45, 7) is 5.38. The van der Waals surface area contributed by atoms with Gasteiger partial charge in [-0.05, 0) is 49.9 Å². The predicted molar refractivity (Wildman–Crippen MR) is 107 cm³/mol. The molecule has 1 aromatic rings. The highest BCUT2D eigenvalue weighted by atomic mass is 32.2. The molecule has 3 rings (SSSR count). The molecule has 0 saturated carbocycles. The van der Waals surface area contributed by atoms with Crippen molar-refractivity contribution in [2.75, 3.05) is 25.0 Å². The van der Waals surface area contributed by atoms with Gasteiger partial charge in [0.25, 0.3) is 0 Å². The van der Waals surface area contributed by atoms with Gasteiger partial charge in [-0.3, -0.25) is 9.59 Å². The maximum absolute atomic E-state index is 12.7. The van der Waals surface area contributed by atoms with Crippen LogP contribution in [0.5, 0.6) is 0 Å². The van der Waals surface area contributed by atoms with E-state index in [2.05, 4.69) is 5.32 Å². The number of piperidine rings is 1. The minimum atomic E-state index is -3.48. The third-order valence-corrected chi connectivity index (χ3v) is 7.32. The molecule has 2 aliphatic heterocycles. The first kappa shape index (κ1) is 20.8. The largest absolute Gasteiger partial charge is 0.330 e. The number of nitrogens with one attached hydrogen (secondary N) is 1. The molecule has 0 bridgehead atoms. The van der Waals surface area contributed by atoms with E-state index in [1.165, 1.54) is 16.4 Å². The van der Waals surface area contributed by atoms with Crippen LogP contribution in [0.15, 0.2) is 29.2 Å². The number of carbonyl (C=O) groups excluding carboxylic acids is 2. The number of likely N-dealkylation sites (tertiary alicyclic amines) is 1. The number of anilines is 1. The number of sulfonamides is 1. The second-order valence-corrected chi connectivity index (χ2v) is 9.76. The molecule has 2 fully saturated rings. The van der Waals surface area contributed by atoms with Gasteiger partial charge in [0.1, 0.15) is 6.04 Å². The number of amides is 2. The molecule has 0 radical (unpaired) electrons. The molecule has 1 aromatic carbocycles. The van der Waals surface area contributed by atoms with Crippen LogP contribution in [0, 0.1) is 5.92 Å². The standard InChI is InChI=1S/C20H29N3O4S/c1-15(2)20(25)23-14-6-7-18(23)19(24)21-16-8-10-17(11-9-16)28(26,27)22-12-4-3-5-13-22/h8-11,15,18H,3-7,12-14H2,1-2H3,(H,21,24)/t18-/m0/s1. The van der Waals surface area contributed by atoms with Crippen molar-refractivity contribution < 1.29 is 18.0 Å². The number of rotatable bonds is 5. The van der Waals surface area contributed by atoms with Crippen molar-refractivity contribution >= 4 is 27.5 Å². The zero-order chi connectivity index (χ0) is 20.3. The van der Waals surface area contributed by atoms with E-state index in [0.717, 1.165) is 25.7 Å². The van der Waals surface area contributed by atoms with E-state index in [4.69, 9.17) is 0 Å². The van der Waals surface area contributed by atoms with Crippen LogP contribution in [0.4, 0.5) is 5.69 Å². The van der Waals surface area contributed by atoms with E-state index in [9.17, 15) is 18.0 Å². The molecule has 1 atom stereocenters. The third-order valence-electron chi connectivity index (χ3n) is 5.41. The van der Waals surface area contributed by atoms with Gasteiger partial charge in [0.05, 0.1) is 4.90 Å². The normalized spacial score (nSPS) is 21.1. The Morgan fingerprint density at radius 3 is 2.25 bits per heavy atom. The molecular formula is C20H29N3O4S. The summed E-state index contributed by atoms with van der Waals surface area (Å²) in [6, 6.07) is 5.82. The number of hydrogen-bond acceptors (Lipinski definition) is 4. The second-order valence-electron chi connectivity index (χ2n) is 7.82. The summed E-state index contributed by atoms with van der Waals surface area (Å²) >= 11 is 0. The number of carbonyl (C=O) groups is 2. The van der Waals surface area contributed by atoms with Crippen molar-refractivity contribution in [1.29, 1.82) is 0 Å². The lowest BCUT2D eigenvalue weighted by Gasteiger charge is -2.26. The van der Waals surface area contributed by atoms with Crippen molar-refractivity contribution in [3.63, 3.8) is 0 Å². The molecule has 8 heteroatoms. The van der Waals surface area contributed by atoms with E-state index in [1.54, 1.807) is 17.0 Å². The molecule has 2 aliphatic rings. The zero-order valence-corrected chi connectivity index (χ0v) is 17.4. The molecule has 1 N–H and O–H groups in total. The highest BCUT2D eigenvalue weighted by Gasteiger charge is 2.35. The van der Waals surface area contributed by atoms with Crippen LogP contribution in [0.3, 0.4) is 0 Å². The Bertz CT molecular complexity index is 814. The summed E-state index contributed by atoms with van der Waals surface area (Å²) in [4.78, 5) is 26.8. The average Bonchev–Trinajstić information content (AvgIpc) is 3.18. The molecule has 0 spiro atoms. The first-order chi connectivity index (χ1) is 13.3. The fourth-order valence-electron chi connectivity index (χ4n) is 3.82. The first-order valence-electron chi connectivity index (χ1n) is 10.0. The van der Waals surface area contributed by atoms with Crippen LogP contribution in [0.2, 0.25) is 0 Å². The number of hydrogen-bond donors (Lipinski definition) is 1. The molecule has 0 unspecified atom stereocenters. The van der Waals surface area contributed by atoms with Gasteiger partial charge in [-0.2, -0.15) is 4.31 Å². The minimum Gasteiger partial charge on any atom is -0.330 e. The lowest BCUT2D eigenvalue weighted by atomic mass is 10.1. The Morgan fingerprint density at radius 2 is 1.64 bits per heavy atom. The smallest absolute Gasteiger partial charge is 0.247 e. The van der Waals surface area contributed by atoms with Gasteiger partial charge >= 0.3 is 0 Å². The second kappa shape index (κ2) is 8.61. The molecule has 28 heavy (non-hydrogen) atoms. The van der Waals surface area contributed by atoms with Crippen LogP contribution in [0.25, 0.3) is 0 Å². The lowest BCUT2D eigenvalue weighted by Crippen LogP contribution is -2.44. The SMILES string of the molecule is CC(C)C(=O)N1CCC[C@H]1C(=O)Nc1ccc(S(=O)(=O)N2CCCCC2)cc1. The number of benzene rings is 1. The summed E-state index contributed by atoms with van der Waals surface area (Å²) in [6.07, 6.45) is 4.30. The van der Waals surface area contributed by atoms with E-state index in [-0.39, 0.29) is 22.6 Å². The quantitative estimate of drug-likeness (QED) is 0.812. The molecular weight excluding hydrogens is 378 g/mol. The number of nitrogens with zero attached hydrogens (tertiary/aromatic N) is 2. The summed E-state index contributed by atoms with van der Waals surface area (Å²) in [7, 11) is -3.48. The predicted octanol–water partition coefficient (Wildman–Crippen LogP) is 2.45. The summed E-state index contributed by atoms with van der Waals surface area (Å²) in [5.41, 5.74) is 0.534. The monoisotopic (exact) mass is 407 g/mol. The average molecular weight is 408 g/mol. The Morgan fingerprint density at radius 1 is 1.00 bits per heavy atom. The molecule has 2 saturated heterocycles. The van der Waals surface area contributed by atoms with Crippen LogP contribution in [-0.2, 0) is 19.6 Å². The van der Waals surface area contributed by atoms with Gasteiger partial charge in [-0.25, -0.2) is 8.42 Å². The molecule has 0 aromatic heterocycles. The zero-order valence-electron chi connectivity index (χ0n) is 16.6. The van der Waals surface area contributed by atoms with Crippen LogP contribution < -0.4 is 5.32 Å². The van der Waals surface area contributed by atoms with Gasteiger partial charge in [0.15, 0.2) is 0 Å². The molecule has 7 nitrogen and oxygen atoms in total. The van der Waals surface area contributed by atoms with Gasteiger partial charge in [0.2, 0.25) is 21.8 Å². The van der Waals surface area contributed by atoms with E-state index < -0.39 is 16.1 Å². The summed E-state index contributed by atoms with van der Waals surface area (Å²) < 4.78 is 26.9. The van der Waals surface area contributed by atoms with Crippen molar-refractivity contribution in [1.82, 2.24) is 9.21 Å². The van der Waals surface area contributed by atoms with Crippen molar-refractivity contribution in [2.45, 2.75) is 56.9 Å². The van der Waals surface area contributed by atoms with Crippen LogP contribution >= 0.6 is 0 Å². The minimum absolute atomic E-state index is 0.0133. The van der Waals surface area contributed by atoms with E-state index >= 15 is 0 Å². The maximum atomic E-state index is 12.7. The van der Waals surface area contributed by atoms with Gasteiger partial charge in [0, 0.05) is 31.2 Å². The molecule has 2 amide bonds. The fraction of sp³-hybridized carbons (Fsp3) is 0.600. The maximum Gasteiger partial charge on any atom is 0.247 e. The molecule has 0 aliphatic carbocycles. The van der Waals surface area contributed by atoms with Crippen molar-refractivity contribution in [2.24, 2.45) is 5.92 Å². The molecule has 154 valence electrons. The third kappa shape index (κ3) is 4.38. The highest BCUT2D eigenvalue weighted by molar-refractivity contribution is 7.89. The van der Waals surface area contributed by atoms with Gasteiger partial charge < -0.3 is 10.2 Å². The summed E-state index contributed by atoms with van der Waals surface area (Å²) in [5, 5.41) is 2.82. The van der Waals surface area contributed by atoms with Crippen LogP contribution in [0.1, 0.15) is 46.0 Å². The van der Waals surface area contributed by atoms with Gasteiger partial charge in [-0.1, -0.05) is 20.3 Å². The molecule has 2 heterocycles.